The van der Waals surface area contributed by atoms with Crippen molar-refractivity contribution in [3.8, 4) is 6.07 Å². The number of hydrogen-bond donors (Lipinski definition) is 1. The molecule has 2 aromatic rings. The van der Waals surface area contributed by atoms with Crippen LogP contribution < -0.4 is 5.32 Å². The molecule has 0 bridgehead atoms. The van der Waals surface area contributed by atoms with Gasteiger partial charge in [0.25, 0.3) is 5.69 Å². The first-order valence-electron chi connectivity index (χ1n) is 5.90. The third-order valence-corrected chi connectivity index (χ3v) is 3.03. The average Bonchev–Trinajstić information content (AvgIpc) is 2.48. The Bertz CT molecular complexity index is 818. The van der Waals surface area contributed by atoms with Crippen LogP contribution in [0.25, 0.3) is 0 Å². The van der Waals surface area contributed by atoms with Crippen LogP contribution in [0, 0.1) is 21.4 Å². The maximum absolute atomic E-state index is 12.6. The molecule has 0 fully saturated rings. The lowest BCUT2D eigenvalue weighted by atomic mass is 10.1. The Balaban J connectivity index is 2.44. The van der Waals surface area contributed by atoms with E-state index < -0.39 is 22.4 Å². The van der Waals surface area contributed by atoms with Gasteiger partial charge in [0.1, 0.15) is 17.6 Å². The van der Waals surface area contributed by atoms with Crippen molar-refractivity contribution in [1.82, 2.24) is 4.98 Å². The van der Waals surface area contributed by atoms with Crippen molar-refractivity contribution < 1.29 is 18.1 Å². The van der Waals surface area contributed by atoms with E-state index in [1.807, 2.05) is 0 Å². The highest BCUT2D eigenvalue weighted by Crippen LogP contribution is 2.36. The molecule has 118 valence electrons. The SMILES string of the molecule is N#Cc1cnc(Nc2ccc(C(F)(F)F)cc2[N+](=O)[O-])c(Cl)c1. The second-order valence-corrected chi connectivity index (χ2v) is 4.69. The number of aromatic nitrogens is 1. The first-order valence-corrected chi connectivity index (χ1v) is 6.28. The fourth-order valence-corrected chi connectivity index (χ4v) is 1.90. The van der Waals surface area contributed by atoms with Crippen LogP contribution in [0.5, 0.6) is 0 Å². The van der Waals surface area contributed by atoms with Crippen LogP contribution in [0.1, 0.15) is 11.1 Å². The number of anilines is 2. The van der Waals surface area contributed by atoms with Crippen LogP contribution in [0.2, 0.25) is 5.02 Å². The standard InChI is InChI=1S/C13H6ClF3N4O2/c14-9-3-7(5-18)6-19-12(9)20-10-2-1-8(13(15,16)17)4-11(10)21(22)23/h1-4,6H,(H,19,20). The Hall–Kier alpha value is -2.86. The zero-order valence-electron chi connectivity index (χ0n) is 11.1. The Morgan fingerprint density at radius 1 is 1.35 bits per heavy atom. The minimum absolute atomic E-state index is 0.00162. The molecule has 0 saturated carbocycles. The number of rotatable bonds is 3. The molecule has 0 aliphatic heterocycles. The van der Waals surface area contributed by atoms with E-state index in [1.54, 1.807) is 6.07 Å². The number of nitrogens with one attached hydrogen (secondary N) is 1. The maximum Gasteiger partial charge on any atom is 0.416 e. The highest BCUT2D eigenvalue weighted by atomic mass is 35.5. The normalized spacial score (nSPS) is 10.9. The first-order chi connectivity index (χ1) is 10.7. The number of nitriles is 1. The van der Waals surface area contributed by atoms with Gasteiger partial charge >= 0.3 is 6.18 Å². The van der Waals surface area contributed by atoms with Crippen LogP contribution in [-0.2, 0) is 6.18 Å². The van der Waals surface area contributed by atoms with Crippen LogP contribution in [0.4, 0.5) is 30.4 Å². The van der Waals surface area contributed by atoms with E-state index in [9.17, 15) is 23.3 Å². The topological polar surface area (TPSA) is 91.8 Å². The van der Waals surface area contributed by atoms with Gasteiger partial charge in [-0.25, -0.2) is 4.98 Å². The minimum Gasteiger partial charge on any atom is -0.333 e. The van der Waals surface area contributed by atoms with Gasteiger partial charge in [0.05, 0.1) is 21.1 Å². The van der Waals surface area contributed by atoms with Gasteiger partial charge < -0.3 is 5.32 Å². The Labute approximate surface area is 132 Å². The largest absolute Gasteiger partial charge is 0.416 e. The molecule has 1 N–H and O–H groups in total. The minimum atomic E-state index is -4.70. The summed E-state index contributed by atoms with van der Waals surface area (Å²) in [6, 6.07) is 5.11. The lowest BCUT2D eigenvalue weighted by Crippen LogP contribution is -2.07. The predicted octanol–water partition coefficient (Wildman–Crippen LogP) is 4.28. The maximum atomic E-state index is 12.6. The van der Waals surface area contributed by atoms with Gasteiger partial charge in [-0.2, -0.15) is 18.4 Å². The molecule has 0 saturated heterocycles. The number of nitrogens with zero attached hydrogens (tertiary/aromatic N) is 3. The zero-order valence-corrected chi connectivity index (χ0v) is 11.8. The average molecular weight is 343 g/mol. The first kappa shape index (κ1) is 16.5. The Morgan fingerprint density at radius 3 is 2.57 bits per heavy atom. The van der Waals surface area contributed by atoms with Gasteiger partial charge in [-0.15, -0.1) is 0 Å². The fraction of sp³-hybridized carbons (Fsp3) is 0.0769. The summed E-state index contributed by atoms with van der Waals surface area (Å²) < 4.78 is 37.9. The number of pyridine rings is 1. The van der Waals surface area contributed by atoms with Crippen molar-refractivity contribution in [2.75, 3.05) is 5.32 Å². The molecule has 0 aliphatic carbocycles. The lowest BCUT2D eigenvalue weighted by Gasteiger charge is -2.11. The Morgan fingerprint density at radius 2 is 2.04 bits per heavy atom. The molecule has 0 atom stereocenters. The van der Waals surface area contributed by atoms with Crippen LogP contribution >= 0.6 is 11.6 Å². The van der Waals surface area contributed by atoms with Crippen molar-refractivity contribution in [2.24, 2.45) is 0 Å². The molecular formula is C13H6ClF3N4O2. The monoisotopic (exact) mass is 342 g/mol. The van der Waals surface area contributed by atoms with Gasteiger partial charge in [0.2, 0.25) is 0 Å². The summed E-state index contributed by atoms with van der Waals surface area (Å²) in [5.41, 5.74) is -1.96. The van der Waals surface area contributed by atoms with E-state index in [0.29, 0.717) is 12.1 Å². The molecule has 0 amide bonds. The summed E-state index contributed by atoms with van der Waals surface area (Å²) in [5, 5.41) is 22.2. The number of nitro groups is 1. The van der Waals surface area contributed by atoms with E-state index in [2.05, 4.69) is 10.3 Å². The van der Waals surface area contributed by atoms with Gasteiger partial charge in [-0.3, -0.25) is 10.1 Å². The summed E-state index contributed by atoms with van der Waals surface area (Å²) in [5.74, 6) is -0.0199. The molecule has 1 aromatic heterocycles. The second kappa shape index (κ2) is 6.10. The number of alkyl halides is 3. The summed E-state index contributed by atoms with van der Waals surface area (Å²) in [7, 11) is 0. The quantitative estimate of drug-likeness (QED) is 0.664. The number of halogens is 4. The summed E-state index contributed by atoms with van der Waals surface area (Å²) in [6.07, 6.45) is -3.53. The van der Waals surface area contributed by atoms with Gasteiger partial charge in [-0.05, 0) is 18.2 Å². The number of nitro benzene ring substituents is 1. The van der Waals surface area contributed by atoms with Gasteiger partial charge in [0, 0.05) is 12.3 Å². The number of benzene rings is 1. The third-order valence-electron chi connectivity index (χ3n) is 2.75. The predicted molar refractivity (Wildman–Crippen MR) is 75.3 cm³/mol. The van der Waals surface area contributed by atoms with Crippen molar-refractivity contribution in [2.45, 2.75) is 6.18 Å². The van der Waals surface area contributed by atoms with Gasteiger partial charge in [-0.1, -0.05) is 11.6 Å². The lowest BCUT2D eigenvalue weighted by molar-refractivity contribution is -0.384. The summed E-state index contributed by atoms with van der Waals surface area (Å²) in [6.45, 7) is 0. The number of hydrogen-bond acceptors (Lipinski definition) is 5. The molecule has 0 aliphatic rings. The molecule has 0 radical (unpaired) electrons. The summed E-state index contributed by atoms with van der Waals surface area (Å²) >= 11 is 5.87. The molecule has 1 aromatic carbocycles. The highest BCUT2D eigenvalue weighted by molar-refractivity contribution is 6.33. The van der Waals surface area contributed by atoms with Crippen molar-refractivity contribution >= 4 is 28.8 Å². The van der Waals surface area contributed by atoms with Gasteiger partial charge in [0.15, 0.2) is 0 Å². The van der Waals surface area contributed by atoms with E-state index in [4.69, 9.17) is 16.9 Å². The molecule has 2 rings (SSSR count). The second-order valence-electron chi connectivity index (χ2n) is 4.28. The smallest absolute Gasteiger partial charge is 0.333 e. The van der Waals surface area contributed by atoms with Crippen LogP contribution in [0.3, 0.4) is 0 Å². The fourth-order valence-electron chi connectivity index (χ4n) is 1.68. The molecular weight excluding hydrogens is 337 g/mol. The van der Waals surface area contributed by atoms with E-state index in [1.165, 1.54) is 12.3 Å². The van der Waals surface area contributed by atoms with Crippen molar-refractivity contribution in [3.05, 3.63) is 56.7 Å². The van der Waals surface area contributed by atoms with E-state index in [0.717, 1.165) is 6.07 Å². The third kappa shape index (κ3) is 3.67. The molecule has 0 spiro atoms. The van der Waals surface area contributed by atoms with Crippen molar-refractivity contribution in [1.29, 1.82) is 5.26 Å². The van der Waals surface area contributed by atoms with Crippen LogP contribution in [-0.4, -0.2) is 9.91 Å². The molecule has 6 nitrogen and oxygen atoms in total. The zero-order chi connectivity index (χ0) is 17.2. The molecule has 1 heterocycles. The highest BCUT2D eigenvalue weighted by Gasteiger charge is 2.33. The molecule has 10 heteroatoms. The molecule has 0 unspecified atom stereocenters. The van der Waals surface area contributed by atoms with E-state index >= 15 is 0 Å². The van der Waals surface area contributed by atoms with Crippen LogP contribution in [0.15, 0.2) is 30.5 Å². The Kier molecular flexibility index (Phi) is 4.38. The molecule has 23 heavy (non-hydrogen) atoms. The summed E-state index contributed by atoms with van der Waals surface area (Å²) in [4.78, 5) is 13.8. The van der Waals surface area contributed by atoms with Crippen molar-refractivity contribution in [3.63, 3.8) is 0 Å². The van der Waals surface area contributed by atoms with E-state index in [-0.39, 0.29) is 22.1 Å².